The van der Waals surface area contributed by atoms with Gasteiger partial charge in [-0.25, -0.2) is 0 Å². The molecule has 3 heteroatoms. The summed E-state index contributed by atoms with van der Waals surface area (Å²) in [6, 6.07) is 9.77. The summed E-state index contributed by atoms with van der Waals surface area (Å²) in [6.45, 7) is 3.61. The molecule has 3 unspecified atom stereocenters. The molecule has 1 aromatic carbocycles. The Hall–Kier alpha value is -0.900. The monoisotopic (exact) mass is 286 g/mol. The highest BCUT2D eigenvalue weighted by atomic mass is 16.3. The third-order valence-corrected chi connectivity index (χ3v) is 6.25. The molecule has 0 spiro atoms. The van der Waals surface area contributed by atoms with Gasteiger partial charge in [0.15, 0.2) is 0 Å². The van der Waals surface area contributed by atoms with Crippen molar-refractivity contribution in [3.8, 4) is 0 Å². The Bertz CT molecular complexity index is 556. The molecule has 2 fully saturated rings. The Labute approximate surface area is 127 Å². The van der Waals surface area contributed by atoms with E-state index in [-0.39, 0.29) is 5.41 Å². The first-order valence-corrected chi connectivity index (χ1v) is 8.36. The number of aliphatic hydroxyl groups is 1. The molecule has 1 heterocycles. The van der Waals surface area contributed by atoms with Gasteiger partial charge in [0.1, 0.15) is 0 Å². The van der Waals surface area contributed by atoms with Gasteiger partial charge in [-0.3, -0.25) is 4.90 Å². The van der Waals surface area contributed by atoms with E-state index in [1.54, 1.807) is 0 Å². The van der Waals surface area contributed by atoms with Crippen molar-refractivity contribution in [1.29, 1.82) is 0 Å². The minimum absolute atomic E-state index is 0.249. The molecule has 0 aromatic heterocycles. The maximum absolute atomic E-state index is 11.6. The lowest BCUT2D eigenvalue weighted by atomic mass is 9.66. The van der Waals surface area contributed by atoms with Gasteiger partial charge < -0.3 is 10.8 Å². The smallest absolute Gasteiger partial charge is 0.0897 e. The number of hydrogen-bond acceptors (Lipinski definition) is 3. The molecular formula is C18H26N2O. The summed E-state index contributed by atoms with van der Waals surface area (Å²) in [4.78, 5) is 2.53. The van der Waals surface area contributed by atoms with Gasteiger partial charge in [-0.15, -0.1) is 0 Å². The maximum Gasteiger partial charge on any atom is 0.0897 e. The minimum atomic E-state index is -0.670. The fourth-order valence-corrected chi connectivity index (χ4v) is 4.94. The van der Waals surface area contributed by atoms with Crippen molar-refractivity contribution >= 4 is 0 Å². The van der Waals surface area contributed by atoms with Crippen LogP contribution in [0.15, 0.2) is 24.3 Å². The van der Waals surface area contributed by atoms with Gasteiger partial charge in [-0.1, -0.05) is 24.3 Å². The zero-order valence-corrected chi connectivity index (χ0v) is 12.9. The van der Waals surface area contributed by atoms with Crippen LogP contribution in [0.5, 0.6) is 0 Å². The molecule has 1 aliphatic heterocycles. The van der Waals surface area contributed by atoms with Crippen molar-refractivity contribution in [2.24, 2.45) is 5.73 Å². The number of β-amino-alcohol motifs (C(OH)–C–C–N with tert-alkyl or cyclic N) is 1. The highest BCUT2D eigenvalue weighted by molar-refractivity contribution is 5.43. The summed E-state index contributed by atoms with van der Waals surface area (Å²) in [5, 5.41) is 11.6. The number of benzene rings is 1. The summed E-state index contributed by atoms with van der Waals surface area (Å²) in [5.74, 6) is 0. The predicted octanol–water partition coefficient (Wildman–Crippen LogP) is 1.82. The van der Waals surface area contributed by atoms with Gasteiger partial charge in [-0.05, 0) is 50.2 Å². The highest BCUT2D eigenvalue weighted by Gasteiger charge is 2.59. The molecule has 3 N–H and O–H groups in total. The van der Waals surface area contributed by atoms with Crippen LogP contribution in [0.1, 0.15) is 43.7 Å². The summed E-state index contributed by atoms with van der Waals surface area (Å²) < 4.78 is 0. The molecule has 1 saturated heterocycles. The molecule has 114 valence electrons. The average molecular weight is 286 g/mol. The molecule has 4 rings (SSSR count). The van der Waals surface area contributed by atoms with Crippen LogP contribution >= 0.6 is 0 Å². The average Bonchev–Trinajstić information content (AvgIpc) is 3.17. The quantitative estimate of drug-likeness (QED) is 0.891. The van der Waals surface area contributed by atoms with Crippen LogP contribution < -0.4 is 5.73 Å². The number of aryl methyl sites for hydroxylation is 1. The maximum atomic E-state index is 11.6. The van der Waals surface area contributed by atoms with E-state index >= 15 is 0 Å². The second-order valence-corrected chi connectivity index (χ2v) is 7.43. The Kier molecular flexibility index (Phi) is 2.97. The van der Waals surface area contributed by atoms with E-state index in [1.165, 1.54) is 24.0 Å². The molecular weight excluding hydrogens is 260 g/mol. The summed E-state index contributed by atoms with van der Waals surface area (Å²) in [5.41, 5.74) is 8.02. The number of rotatable bonds is 3. The lowest BCUT2D eigenvalue weighted by Gasteiger charge is -2.43. The van der Waals surface area contributed by atoms with E-state index in [4.69, 9.17) is 5.73 Å². The third kappa shape index (κ3) is 1.84. The highest BCUT2D eigenvalue weighted by Crippen LogP contribution is 2.51. The van der Waals surface area contributed by atoms with E-state index < -0.39 is 5.60 Å². The van der Waals surface area contributed by atoms with Gasteiger partial charge >= 0.3 is 0 Å². The normalized spacial score (nSPS) is 39.7. The first-order valence-electron chi connectivity index (χ1n) is 8.36. The zero-order valence-electron chi connectivity index (χ0n) is 12.9. The number of nitrogens with two attached hydrogens (primary N) is 1. The molecule has 1 saturated carbocycles. The molecule has 2 aliphatic carbocycles. The minimum Gasteiger partial charge on any atom is -0.388 e. The van der Waals surface area contributed by atoms with Gasteiger partial charge in [0, 0.05) is 30.6 Å². The summed E-state index contributed by atoms with van der Waals surface area (Å²) >= 11 is 0. The van der Waals surface area contributed by atoms with Gasteiger partial charge in [0.2, 0.25) is 0 Å². The van der Waals surface area contributed by atoms with Crippen molar-refractivity contribution in [2.45, 2.75) is 62.1 Å². The van der Waals surface area contributed by atoms with E-state index in [0.29, 0.717) is 18.6 Å². The summed E-state index contributed by atoms with van der Waals surface area (Å²) in [6.07, 6.45) is 5.49. The van der Waals surface area contributed by atoms with Crippen LogP contribution in [-0.4, -0.2) is 40.8 Å². The SMILES string of the molecule is CC1CC(O)(C2(CN)CCc3ccccc32)CN1C1CC1. The first kappa shape index (κ1) is 13.7. The Morgan fingerprint density at radius 3 is 2.81 bits per heavy atom. The molecule has 21 heavy (non-hydrogen) atoms. The van der Waals surface area contributed by atoms with Crippen LogP contribution in [0.25, 0.3) is 0 Å². The van der Waals surface area contributed by atoms with Crippen molar-refractivity contribution < 1.29 is 5.11 Å². The topological polar surface area (TPSA) is 49.5 Å². The third-order valence-electron chi connectivity index (χ3n) is 6.25. The Morgan fingerprint density at radius 1 is 1.33 bits per heavy atom. The Morgan fingerprint density at radius 2 is 2.10 bits per heavy atom. The van der Waals surface area contributed by atoms with E-state index in [1.807, 2.05) is 0 Å². The zero-order chi connectivity index (χ0) is 14.7. The molecule has 3 aliphatic rings. The number of nitrogens with zero attached hydrogens (tertiary/aromatic N) is 1. The van der Waals surface area contributed by atoms with Crippen molar-refractivity contribution in [3.63, 3.8) is 0 Å². The predicted molar refractivity (Wildman–Crippen MR) is 84.3 cm³/mol. The number of fused-ring (bicyclic) bond motifs is 1. The van der Waals surface area contributed by atoms with Gasteiger partial charge in [-0.2, -0.15) is 0 Å². The van der Waals surface area contributed by atoms with E-state index in [2.05, 4.69) is 36.1 Å². The lowest BCUT2D eigenvalue weighted by molar-refractivity contribution is -0.0285. The fraction of sp³-hybridized carbons (Fsp3) is 0.667. The molecule has 3 atom stereocenters. The fourth-order valence-electron chi connectivity index (χ4n) is 4.94. The number of hydrogen-bond donors (Lipinski definition) is 2. The Balaban J connectivity index is 1.73. The van der Waals surface area contributed by atoms with Crippen molar-refractivity contribution in [1.82, 2.24) is 4.90 Å². The first-order chi connectivity index (χ1) is 10.1. The standard InChI is InChI=1S/C18H26N2O/c1-13-10-18(21,12-20(13)15-6-7-15)17(11-19)9-8-14-4-2-3-5-16(14)17/h2-5,13,15,21H,6-12,19H2,1H3. The van der Waals surface area contributed by atoms with Crippen LogP contribution in [-0.2, 0) is 11.8 Å². The molecule has 0 bridgehead atoms. The number of likely N-dealkylation sites (tertiary alicyclic amines) is 1. The molecule has 0 radical (unpaired) electrons. The van der Waals surface area contributed by atoms with Crippen LogP contribution in [0.2, 0.25) is 0 Å². The van der Waals surface area contributed by atoms with Crippen molar-refractivity contribution in [2.75, 3.05) is 13.1 Å². The van der Waals surface area contributed by atoms with Gasteiger partial charge in [0.25, 0.3) is 0 Å². The van der Waals surface area contributed by atoms with Crippen LogP contribution in [0.3, 0.4) is 0 Å². The van der Waals surface area contributed by atoms with Gasteiger partial charge in [0.05, 0.1) is 5.60 Å². The second-order valence-electron chi connectivity index (χ2n) is 7.43. The van der Waals surface area contributed by atoms with Crippen LogP contribution in [0.4, 0.5) is 0 Å². The van der Waals surface area contributed by atoms with Crippen molar-refractivity contribution in [3.05, 3.63) is 35.4 Å². The largest absolute Gasteiger partial charge is 0.388 e. The van der Waals surface area contributed by atoms with Crippen LogP contribution in [0, 0.1) is 0 Å². The second kappa shape index (κ2) is 4.55. The molecule has 1 aromatic rings. The lowest BCUT2D eigenvalue weighted by Crippen LogP contribution is -2.56. The summed E-state index contributed by atoms with van der Waals surface area (Å²) in [7, 11) is 0. The van der Waals surface area contributed by atoms with E-state index in [9.17, 15) is 5.11 Å². The van der Waals surface area contributed by atoms with E-state index in [0.717, 1.165) is 25.8 Å². The molecule has 3 nitrogen and oxygen atoms in total. The molecule has 0 amide bonds.